The lowest BCUT2D eigenvalue weighted by Gasteiger charge is -1.96. The van der Waals surface area contributed by atoms with Gasteiger partial charge in [0.15, 0.2) is 0 Å². The third kappa shape index (κ3) is 6.23. The maximum atomic E-state index is 5.21. The first-order chi connectivity index (χ1) is 3.27. The van der Waals surface area contributed by atoms with Gasteiger partial charge in [-0.2, -0.15) is 0 Å². The molecule has 0 saturated carbocycles. The van der Waals surface area contributed by atoms with Crippen molar-refractivity contribution in [2.24, 2.45) is 5.84 Å². The highest BCUT2D eigenvalue weighted by atomic mass is 127. The predicted octanol–water partition coefficient (Wildman–Crippen LogP) is 1.44. The van der Waals surface area contributed by atoms with Gasteiger partial charge in [0.25, 0.3) is 0 Å². The molecule has 0 aromatic heterocycles. The Bertz CT molecular complexity index is 60.7. The third-order valence-corrected chi connectivity index (χ3v) is 0.805. The summed E-state index contributed by atoms with van der Waals surface area (Å²) in [5.74, 6) is 5.21. The van der Waals surface area contributed by atoms with Crippen molar-refractivity contribution in [3.05, 3.63) is 12.3 Å². The molecule has 0 aliphatic heterocycles. The maximum Gasteiger partial charge on any atom is 0.0759 e. The summed E-state index contributed by atoms with van der Waals surface area (Å²) in [6.45, 7) is 2.07. The summed E-state index contributed by atoms with van der Waals surface area (Å²) in [7, 11) is 0. The van der Waals surface area contributed by atoms with Crippen LogP contribution in [0.5, 0.6) is 0 Å². The molecule has 2 nitrogen and oxygen atoms in total. The minimum atomic E-state index is 1.04. The zero-order valence-electron chi connectivity index (χ0n) is 4.26. The van der Waals surface area contributed by atoms with Gasteiger partial charge in [-0.3, -0.25) is 3.22 Å². The highest BCUT2D eigenvalue weighted by molar-refractivity contribution is 14.1. The third-order valence-electron chi connectivity index (χ3n) is 0.484. The molecule has 0 aromatic rings. The monoisotopic (exact) mass is 212 g/mol. The summed E-state index contributed by atoms with van der Waals surface area (Å²) >= 11 is 1.99. The van der Waals surface area contributed by atoms with Gasteiger partial charge < -0.3 is 0 Å². The molecule has 0 bridgehead atoms. The van der Waals surface area contributed by atoms with E-state index in [0.29, 0.717) is 0 Å². The largest absolute Gasteiger partial charge is 0.259 e. The van der Waals surface area contributed by atoms with Gasteiger partial charge in [-0.15, -0.1) is 0 Å². The number of nitrogens with zero attached hydrogens (tertiary/aromatic N) is 1. The molecule has 2 N–H and O–H groups in total. The highest BCUT2D eigenvalue weighted by Crippen LogP contribution is 1.89. The van der Waals surface area contributed by atoms with E-state index in [1.54, 1.807) is 0 Å². The van der Waals surface area contributed by atoms with Crippen LogP contribution in [0.15, 0.2) is 12.3 Å². The fourth-order valence-corrected chi connectivity index (χ4v) is 0.434. The van der Waals surface area contributed by atoms with Gasteiger partial charge >= 0.3 is 0 Å². The van der Waals surface area contributed by atoms with Crippen LogP contribution in [0.1, 0.15) is 13.3 Å². The Balaban J connectivity index is 3.08. The van der Waals surface area contributed by atoms with E-state index >= 15 is 0 Å². The van der Waals surface area contributed by atoms with Gasteiger partial charge in [-0.25, -0.2) is 5.84 Å². The lowest BCUT2D eigenvalue weighted by molar-refractivity contribution is 0.721. The summed E-state index contributed by atoms with van der Waals surface area (Å²) in [4.78, 5) is 0. The fourth-order valence-electron chi connectivity index (χ4n) is 0.206. The molecule has 0 aliphatic carbocycles. The van der Waals surface area contributed by atoms with Crippen molar-refractivity contribution in [2.75, 3.05) is 0 Å². The van der Waals surface area contributed by atoms with Crippen molar-refractivity contribution < 1.29 is 0 Å². The van der Waals surface area contributed by atoms with E-state index in [1.807, 2.05) is 35.1 Å². The first kappa shape index (κ1) is 7.23. The smallest absolute Gasteiger partial charge is 0.0759 e. The molecule has 0 amide bonds. The predicted molar refractivity (Wildman–Crippen MR) is 39.5 cm³/mol. The van der Waals surface area contributed by atoms with Gasteiger partial charge in [0.1, 0.15) is 0 Å². The van der Waals surface area contributed by atoms with E-state index in [2.05, 4.69) is 6.92 Å². The van der Waals surface area contributed by atoms with Crippen LogP contribution in [0, 0.1) is 0 Å². The number of halogens is 1. The Kier molecular flexibility index (Phi) is 4.53. The van der Waals surface area contributed by atoms with Crippen LogP contribution in [0.3, 0.4) is 0 Å². The first-order valence-electron chi connectivity index (χ1n) is 2.13. The van der Waals surface area contributed by atoms with Crippen molar-refractivity contribution in [3.63, 3.8) is 0 Å². The van der Waals surface area contributed by atoms with E-state index in [-0.39, 0.29) is 0 Å². The second kappa shape index (κ2) is 4.39. The van der Waals surface area contributed by atoms with Crippen molar-refractivity contribution >= 4 is 22.9 Å². The average molecular weight is 212 g/mol. The minimum absolute atomic E-state index is 1.04. The number of hydrogen-bond donors (Lipinski definition) is 1. The Morgan fingerprint density at radius 3 is 2.57 bits per heavy atom. The van der Waals surface area contributed by atoms with E-state index in [0.717, 1.165) is 6.42 Å². The van der Waals surface area contributed by atoms with Crippen LogP contribution < -0.4 is 5.84 Å². The molecule has 0 fully saturated rings. The SMILES string of the molecule is CC/C=C\N(N)I. The summed E-state index contributed by atoms with van der Waals surface area (Å²) in [6, 6.07) is 0. The van der Waals surface area contributed by atoms with Gasteiger partial charge in [-0.1, -0.05) is 13.0 Å². The summed E-state index contributed by atoms with van der Waals surface area (Å²) < 4.78 is 1.50. The van der Waals surface area contributed by atoms with Gasteiger partial charge in [0, 0.05) is 6.20 Å². The van der Waals surface area contributed by atoms with Crippen LogP contribution in [0.25, 0.3) is 0 Å². The number of hydrogen-bond acceptors (Lipinski definition) is 2. The lowest BCUT2D eigenvalue weighted by Crippen LogP contribution is -2.09. The number of allylic oxidation sites excluding steroid dienone is 1. The fraction of sp³-hybridized carbons (Fsp3) is 0.500. The Morgan fingerprint density at radius 1 is 1.86 bits per heavy atom. The average Bonchev–Trinajstić information content (AvgIpc) is 1.61. The molecule has 0 unspecified atom stereocenters. The van der Waals surface area contributed by atoms with Crippen molar-refractivity contribution in [1.82, 2.24) is 3.22 Å². The number of hydrazine groups is 1. The Morgan fingerprint density at radius 2 is 2.43 bits per heavy atom. The molecule has 0 radical (unpaired) electrons. The quantitative estimate of drug-likeness (QED) is 0.324. The van der Waals surface area contributed by atoms with Crippen molar-refractivity contribution in [1.29, 1.82) is 0 Å². The first-order valence-corrected chi connectivity index (χ1v) is 3.10. The molecular formula is C4H9IN2. The second-order valence-corrected chi connectivity index (χ2v) is 2.25. The highest BCUT2D eigenvalue weighted by Gasteiger charge is 1.72. The number of rotatable bonds is 2. The van der Waals surface area contributed by atoms with Crippen LogP contribution in [0.4, 0.5) is 0 Å². The standard InChI is InChI=1S/C4H9IN2/c1-2-3-4-7(5)6/h3-4H,2,6H2,1H3/b4-3-. The second-order valence-electron chi connectivity index (χ2n) is 1.14. The number of nitrogens with two attached hydrogens (primary N) is 1. The van der Waals surface area contributed by atoms with Crippen molar-refractivity contribution in [3.8, 4) is 0 Å². The van der Waals surface area contributed by atoms with Crippen LogP contribution >= 0.6 is 22.9 Å². The molecule has 42 valence electrons. The van der Waals surface area contributed by atoms with Gasteiger partial charge in [0.2, 0.25) is 0 Å². The van der Waals surface area contributed by atoms with Crippen LogP contribution in [-0.2, 0) is 0 Å². The maximum absolute atomic E-state index is 5.21. The molecule has 0 aliphatic rings. The molecule has 0 spiro atoms. The molecule has 0 rings (SSSR count). The van der Waals surface area contributed by atoms with Gasteiger partial charge in [-0.05, 0) is 6.42 Å². The molecule has 7 heavy (non-hydrogen) atoms. The molecule has 0 heterocycles. The van der Waals surface area contributed by atoms with Crippen LogP contribution in [0.2, 0.25) is 0 Å². The van der Waals surface area contributed by atoms with E-state index in [4.69, 9.17) is 5.84 Å². The summed E-state index contributed by atoms with van der Waals surface area (Å²) in [5, 5.41) is 0. The van der Waals surface area contributed by atoms with E-state index < -0.39 is 0 Å². The Labute approximate surface area is 57.8 Å². The topological polar surface area (TPSA) is 29.3 Å². The molecule has 0 saturated heterocycles. The molecule has 0 atom stereocenters. The van der Waals surface area contributed by atoms with Crippen LogP contribution in [-0.4, -0.2) is 3.22 Å². The van der Waals surface area contributed by atoms with Gasteiger partial charge in [0.05, 0.1) is 22.9 Å². The summed E-state index contributed by atoms with van der Waals surface area (Å²) in [5.41, 5.74) is 0. The lowest BCUT2D eigenvalue weighted by atomic mass is 10.5. The summed E-state index contributed by atoms with van der Waals surface area (Å²) in [6.07, 6.45) is 4.85. The van der Waals surface area contributed by atoms with E-state index in [9.17, 15) is 0 Å². The Hall–Kier alpha value is 0.230. The minimum Gasteiger partial charge on any atom is -0.259 e. The normalized spacial score (nSPS) is 10.1. The molecule has 0 aromatic carbocycles. The zero-order valence-corrected chi connectivity index (χ0v) is 6.42. The van der Waals surface area contributed by atoms with Crippen molar-refractivity contribution in [2.45, 2.75) is 13.3 Å². The zero-order chi connectivity index (χ0) is 5.70. The van der Waals surface area contributed by atoms with E-state index in [1.165, 1.54) is 3.22 Å². The molecule has 3 heteroatoms. The molecular weight excluding hydrogens is 203 g/mol.